The zero-order chi connectivity index (χ0) is 17.8. The van der Waals surface area contributed by atoms with E-state index in [1.165, 1.54) is 19.3 Å². The van der Waals surface area contributed by atoms with Crippen LogP contribution in [-0.4, -0.2) is 36.8 Å². The number of benzene rings is 1. The lowest BCUT2D eigenvalue weighted by molar-refractivity contribution is 0.136. The van der Waals surface area contributed by atoms with Crippen LogP contribution >= 0.6 is 0 Å². The number of anilines is 1. The predicted octanol–water partition coefficient (Wildman–Crippen LogP) is 4.05. The molecule has 4 rings (SSSR count). The van der Waals surface area contributed by atoms with Crippen molar-refractivity contribution in [3.8, 4) is 11.5 Å². The minimum absolute atomic E-state index is 0.361. The number of fused-ring (bicyclic) bond motifs is 3. The van der Waals surface area contributed by atoms with Crippen LogP contribution in [0.15, 0.2) is 18.5 Å². The standard InChI is InChI=1S/C20H27N3O2/c1-19(2)8-13-9-20(3,10-19)11-23(13)18-14-6-7-15(24-4)17(25-5)16(14)21-12-22-18/h6-7,12-13H,8-11H2,1-5H3. The molecule has 0 N–H and O–H groups in total. The van der Waals surface area contributed by atoms with Gasteiger partial charge in [-0.2, -0.15) is 0 Å². The third-order valence-corrected chi connectivity index (χ3v) is 5.81. The van der Waals surface area contributed by atoms with Crippen LogP contribution in [0.5, 0.6) is 11.5 Å². The summed E-state index contributed by atoms with van der Waals surface area (Å²) in [4.78, 5) is 11.7. The molecule has 5 nitrogen and oxygen atoms in total. The molecule has 0 amide bonds. The molecule has 0 spiro atoms. The Kier molecular flexibility index (Phi) is 3.60. The maximum Gasteiger partial charge on any atom is 0.187 e. The summed E-state index contributed by atoms with van der Waals surface area (Å²) in [5.74, 6) is 2.41. The van der Waals surface area contributed by atoms with Gasteiger partial charge in [0.15, 0.2) is 11.5 Å². The van der Waals surface area contributed by atoms with E-state index in [4.69, 9.17) is 9.47 Å². The Balaban J connectivity index is 1.83. The van der Waals surface area contributed by atoms with Gasteiger partial charge in [-0.3, -0.25) is 0 Å². The molecule has 134 valence electrons. The molecule has 5 heteroatoms. The minimum atomic E-state index is 0.361. The highest BCUT2D eigenvalue weighted by atomic mass is 16.5. The number of methoxy groups -OCH3 is 2. The average molecular weight is 341 g/mol. The summed E-state index contributed by atoms with van der Waals surface area (Å²) in [6, 6.07) is 4.55. The fourth-order valence-electron chi connectivity index (χ4n) is 5.37. The summed E-state index contributed by atoms with van der Waals surface area (Å²) in [6.07, 6.45) is 5.37. The normalized spacial score (nSPS) is 27.6. The van der Waals surface area contributed by atoms with E-state index in [9.17, 15) is 0 Å². The first-order chi connectivity index (χ1) is 11.9. The Bertz CT molecular complexity index is 820. The van der Waals surface area contributed by atoms with Crippen molar-refractivity contribution in [1.29, 1.82) is 0 Å². The lowest BCUT2D eigenvalue weighted by atomic mass is 9.65. The molecule has 1 aliphatic carbocycles. The minimum Gasteiger partial charge on any atom is -0.493 e. The molecule has 2 fully saturated rings. The van der Waals surface area contributed by atoms with E-state index in [1.807, 2.05) is 6.07 Å². The molecule has 2 unspecified atom stereocenters. The zero-order valence-corrected chi connectivity index (χ0v) is 15.8. The van der Waals surface area contributed by atoms with Crippen molar-refractivity contribution in [1.82, 2.24) is 9.97 Å². The van der Waals surface area contributed by atoms with Crippen molar-refractivity contribution in [3.05, 3.63) is 18.5 Å². The molecular formula is C20H27N3O2. The third-order valence-electron chi connectivity index (χ3n) is 5.81. The first-order valence-electron chi connectivity index (χ1n) is 8.98. The van der Waals surface area contributed by atoms with Crippen LogP contribution in [0.1, 0.15) is 40.0 Å². The fraction of sp³-hybridized carbons (Fsp3) is 0.600. The first-order valence-corrected chi connectivity index (χ1v) is 8.98. The monoisotopic (exact) mass is 341 g/mol. The third kappa shape index (κ3) is 2.60. The Morgan fingerprint density at radius 3 is 2.60 bits per heavy atom. The Hall–Kier alpha value is -2.04. The molecular weight excluding hydrogens is 314 g/mol. The molecule has 2 aromatic rings. The van der Waals surface area contributed by atoms with Gasteiger partial charge in [0.2, 0.25) is 0 Å². The SMILES string of the molecule is COc1ccc2c(N3CC4(C)CC3CC(C)(C)C4)ncnc2c1OC. The average Bonchev–Trinajstić information content (AvgIpc) is 2.81. The van der Waals surface area contributed by atoms with Crippen LogP contribution in [0.3, 0.4) is 0 Å². The van der Waals surface area contributed by atoms with E-state index < -0.39 is 0 Å². The number of nitrogens with zero attached hydrogens (tertiary/aromatic N) is 3. The number of rotatable bonds is 3. The number of ether oxygens (including phenoxy) is 2. The van der Waals surface area contributed by atoms with Gasteiger partial charge in [0, 0.05) is 18.0 Å². The Labute approximate surface area is 149 Å². The van der Waals surface area contributed by atoms with Gasteiger partial charge in [-0.05, 0) is 42.2 Å². The smallest absolute Gasteiger partial charge is 0.187 e. The predicted molar refractivity (Wildman–Crippen MR) is 99.5 cm³/mol. The van der Waals surface area contributed by atoms with Gasteiger partial charge in [-0.1, -0.05) is 20.8 Å². The lowest BCUT2D eigenvalue weighted by Gasteiger charge is -2.39. The summed E-state index contributed by atoms with van der Waals surface area (Å²) in [6.45, 7) is 8.27. The molecule has 2 bridgehead atoms. The van der Waals surface area contributed by atoms with E-state index in [2.05, 4.69) is 41.7 Å². The highest BCUT2D eigenvalue weighted by Crippen LogP contribution is 2.54. The van der Waals surface area contributed by atoms with Crippen LogP contribution in [-0.2, 0) is 0 Å². The van der Waals surface area contributed by atoms with Crippen LogP contribution < -0.4 is 14.4 Å². The first kappa shape index (κ1) is 16.4. The Morgan fingerprint density at radius 2 is 1.88 bits per heavy atom. The second-order valence-electron chi connectivity index (χ2n) is 8.74. The topological polar surface area (TPSA) is 47.5 Å². The quantitative estimate of drug-likeness (QED) is 0.843. The van der Waals surface area contributed by atoms with Gasteiger partial charge in [-0.25, -0.2) is 9.97 Å². The van der Waals surface area contributed by atoms with Crippen LogP contribution in [0.25, 0.3) is 10.9 Å². The van der Waals surface area contributed by atoms with Crippen LogP contribution in [0.2, 0.25) is 0 Å². The van der Waals surface area contributed by atoms with Crippen molar-refractivity contribution in [3.63, 3.8) is 0 Å². The Morgan fingerprint density at radius 1 is 1.08 bits per heavy atom. The molecule has 1 saturated carbocycles. The van der Waals surface area contributed by atoms with E-state index in [0.717, 1.165) is 23.3 Å². The van der Waals surface area contributed by atoms with Gasteiger partial charge in [0.05, 0.1) is 14.2 Å². The molecule has 2 atom stereocenters. The van der Waals surface area contributed by atoms with Crippen molar-refractivity contribution < 1.29 is 9.47 Å². The fourth-order valence-corrected chi connectivity index (χ4v) is 5.37. The van der Waals surface area contributed by atoms with Gasteiger partial charge in [0.1, 0.15) is 17.7 Å². The van der Waals surface area contributed by atoms with Crippen molar-refractivity contribution in [2.24, 2.45) is 10.8 Å². The molecule has 1 saturated heterocycles. The van der Waals surface area contributed by atoms with Crippen molar-refractivity contribution in [2.45, 2.75) is 46.1 Å². The number of aromatic nitrogens is 2. The van der Waals surface area contributed by atoms with Gasteiger partial charge < -0.3 is 14.4 Å². The van der Waals surface area contributed by atoms with Crippen LogP contribution in [0.4, 0.5) is 5.82 Å². The molecule has 2 aliphatic rings. The summed E-state index contributed by atoms with van der Waals surface area (Å²) in [5, 5.41) is 1.04. The summed E-state index contributed by atoms with van der Waals surface area (Å²) >= 11 is 0. The molecule has 1 aromatic heterocycles. The van der Waals surface area contributed by atoms with Gasteiger partial charge in [0.25, 0.3) is 0 Å². The molecule has 2 heterocycles. The van der Waals surface area contributed by atoms with E-state index >= 15 is 0 Å². The lowest BCUT2D eigenvalue weighted by Crippen LogP contribution is -2.35. The highest BCUT2D eigenvalue weighted by Gasteiger charge is 2.50. The van der Waals surface area contributed by atoms with E-state index in [0.29, 0.717) is 28.4 Å². The van der Waals surface area contributed by atoms with Gasteiger partial charge in [-0.15, -0.1) is 0 Å². The summed E-state index contributed by atoms with van der Waals surface area (Å²) in [7, 11) is 3.31. The second kappa shape index (κ2) is 5.48. The zero-order valence-electron chi connectivity index (χ0n) is 15.8. The largest absolute Gasteiger partial charge is 0.493 e. The second-order valence-corrected chi connectivity index (χ2v) is 8.74. The maximum atomic E-state index is 5.57. The molecule has 1 aromatic carbocycles. The van der Waals surface area contributed by atoms with E-state index in [1.54, 1.807) is 20.5 Å². The van der Waals surface area contributed by atoms with Crippen molar-refractivity contribution >= 4 is 16.7 Å². The maximum absolute atomic E-state index is 5.57. The highest BCUT2D eigenvalue weighted by molar-refractivity contribution is 5.95. The van der Waals surface area contributed by atoms with Gasteiger partial charge >= 0.3 is 0 Å². The summed E-state index contributed by atoms with van der Waals surface area (Å²) in [5.41, 5.74) is 1.56. The molecule has 0 radical (unpaired) electrons. The van der Waals surface area contributed by atoms with Crippen molar-refractivity contribution in [2.75, 3.05) is 25.7 Å². The number of hydrogen-bond acceptors (Lipinski definition) is 5. The molecule has 25 heavy (non-hydrogen) atoms. The number of hydrogen-bond donors (Lipinski definition) is 0. The molecule has 1 aliphatic heterocycles. The summed E-state index contributed by atoms with van der Waals surface area (Å²) < 4.78 is 11.0. The van der Waals surface area contributed by atoms with E-state index in [-0.39, 0.29) is 0 Å². The van der Waals surface area contributed by atoms with Crippen LogP contribution in [0, 0.1) is 10.8 Å².